The molecule has 128 valence electrons. The van der Waals surface area contributed by atoms with Gasteiger partial charge in [-0.3, -0.25) is 0 Å². The molecule has 0 radical (unpaired) electrons. The predicted octanol–water partition coefficient (Wildman–Crippen LogP) is 7.15. The molecule has 0 atom stereocenters. The van der Waals surface area contributed by atoms with Crippen LogP contribution in [0.5, 0.6) is 0 Å². The van der Waals surface area contributed by atoms with Gasteiger partial charge in [0, 0.05) is 18.2 Å². The van der Waals surface area contributed by atoms with Crippen molar-refractivity contribution in [2.24, 2.45) is 0 Å². The second-order valence-electron chi connectivity index (χ2n) is 6.43. The molecule has 1 N–H and O–H groups in total. The lowest BCUT2D eigenvalue weighted by molar-refractivity contribution is 0.545. The van der Waals surface area contributed by atoms with Crippen LogP contribution in [0.2, 0.25) is 0 Å². The van der Waals surface area contributed by atoms with Gasteiger partial charge in [0.1, 0.15) is 0 Å². The molecule has 0 bridgehead atoms. The highest BCUT2D eigenvalue weighted by Gasteiger charge is 1.93. The zero-order valence-corrected chi connectivity index (χ0v) is 15.1. The Labute approximate surface area is 144 Å². The quantitative estimate of drug-likeness (QED) is 0.231. The van der Waals surface area contributed by atoms with Gasteiger partial charge in [0.15, 0.2) is 0 Å². The average Bonchev–Trinajstić information content (AvgIpc) is 2.59. The van der Waals surface area contributed by atoms with Gasteiger partial charge in [-0.2, -0.15) is 0 Å². The molecule has 0 saturated carbocycles. The third-order valence-electron chi connectivity index (χ3n) is 4.22. The third-order valence-corrected chi connectivity index (χ3v) is 4.22. The highest BCUT2D eigenvalue weighted by molar-refractivity contribution is 5.47. The van der Waals surface area contributed by atoms with Crippen molar-refractivity contribution in [2.45, 2.75) is 90.4 Å². The molecule has 1 heteroatoms. The number of hydrogen-bond acceptors (Lipinski definition) is 1. The Kier molecular flexibility index (Phi) is 13.2. The van der Waals surface area contributed by atoms with E-state index in [4.69, 9.17) is 0 Å². The number of unbranched alkanes of at least 4 members (excludes halogenated alkanes) is 12. The third kappa shape index (κ3) is 12.8. The zero-order chi connectivity index (χ0) is 16.4. The number of para-hydroxylation sites is 1. The van der Waals surface area contributed by atoms with Crippen LogP contribution in [0.15, 0.2) is 30.3 Å². The van der Waals surface area contributed by atoms with Crippen LogP contribution in [0.25, 0.3) is 0 Å². The van der Waals surface area contributed by atoms with Crippen LogP contribution >= 0.6 is 0 Å². The number of rotatable bonds is 13. The van der Waals surface area contributed by atoms with Crippen LogP contribution in [-0.4, -0.2) is 0 Å². The Bertz CT molecular complexity index is 413. The Morgan fingerprint density at radius 1 is 0.696 bits per heavy atom. The highest BCUT2D eigenvalue weighted by atomic mass is 14.8. The van der Waals surface area contributed by atoms with Crippen LogP contribution in [0, 0.1) is 12.0 Å². The van der Waals surface area contributed by atoms with Crippen molar-refractivity contribution in [3.8, 4) is 12.0 Å². The van der Waals surface area contributed by atoms with Gasteiger partial charge in [0.2, 0.25) is 0 Å². The number of nitrogens with one attached hydrogen (secondary N) is 1. The summed E-state index contributed by atoms with van der Waals surface area (Å²) >= 11 is 0. The molecule has 1 aromatic carbocycles. The molecule has 23 heavy (non-hydrogen) atoms. The van der Waals surface area contributed by atoms with Gasteiger partial charge < -0.3 is 5.32 Å². The van der Waals surface area contributed by atoms with E-state index in [1.54, 1.807) is 0 Å². The molecule has 0 aromatic heterocycles. The molecule has 0 spiro atoms. The molecule has 0 fully saturated rings. The minimum Gasteiger partial charge on any atom is -0.315 e. The van der Waals surface area contributed by atoms with Crippen molar-refractivity contribution in [3.05, 3.63) is 30.3 Å². The zero-order valence-electron chi connectivity index (χ0n) is 15.1. The average molecular weight is 314 g/mol. The van der Waals surface area contributed by atoms with Crippen LogP contribution in [-0.2, 0) is 0 Å². The molecule has 1 rings (SSSR count). The fourth-order valence-electron chi connectivity index (χ4n) is 2.75. The van der Waals surface area contributed by atoms with Crippen molar-refractivity contribution >= 4 is 5.69 Å². The van der Waals surface area contributed by atoms with Gasteiger partial charge in [-0.25, -0.2) is 0 Å². The predicted molar refractivity (Wildman–Crippen MR) is 104 cm³/mol. The standard InChI is InChI=1S/C22H35N/c1-2-3-4-5-6-7-8-9-10-11-12-13-14-18-21-23-22-19-16-15-17-20-22/h15-17,19-20,23H,2-14H2,1H3. The smallest absolute Gasteiger partial charge is 0.0459 e. The fraction of sp³-hybridized carbons (Fsp3) is 0.636. The summed E-state index contributed by atoms with van der Waals surface area (Å²) in [5.74, 6) is 3.21. The number of anilines is 1. The largest absolute Gasteiger partial charge is 0.315 e. The highest BCUT2D eigenvalue weighted by Crippen LogP contribution is 2.12. The van der Waals surface area contributed by atoms with Crippen molar-refractivity contribution in [2.75, 3.05) is 5.32 Å². The Morgan fingerprint density at radius 3 is 1.78 bits per heavy atom. The molecular formula is C22H35N. The molecular weight excluding hydrogens is 278 g/mol. The van der Waals surface area contributed by atoms with E-state index in [1.165, 1.54) is 77.0 Å². The first-order valence-electron chi connectivity index (χ1n) is 9.72. The summed E-state index contributed by atoms with van der Waals surface area (Å²) in [6.45, 7) is 2.28. The molecule has 0 heterocycles. The van der Waals surface area contributed by atoms with Crippen LogP contribution in [0.3, 0.4) is 0 Å². The van der Waals surface area contributed by atoms with Crippen LogP contribution < -0.4 is 5.32 Å². The van der Waals surface area contributed by atoms with Gasteiger partial charge in [0.05, 0.1) is 0 Å². The van der Waals surface area contributed by atoms with Crippen molar-refractivity contribution in [1.82, 2.24) is 0 Å². The number of hydrogen-bond donors (Lipinski definition) is 1. The second-order valence-corrected chi connectivity index (χ2v) is 6.43. The summed E-state index contributed by atoms with van der Waals surface area (Å²) in [5.41, 5.74) is 1.08. The normalized spacial score (nSPS) is 10.1. The summed E-state index contributed by atoms with van der Waals surface area (Å²) in [6, 6.07) is 13.2. The first-order chi connectivity index (χ1) is 11.4. The Morgan fingerprint density at radius 2 is 1.22 bits per heavy atom. The topological polar surface area (TPSA) is 12.0 Å². The molecule has 0 aliphatic carbocycles. The molecule has 0 aliphatic heterocycles. The summed E-state index contributed by atoms with van der Waals surface area (Å²) in [6.07, 6.45) is 17.8. The van der Waals surface area contributed by atoms with E-state index >= 15 is 0 Å². The van der Waals surface area contributed by atoms with Gasteiger partial charge >= 0.3 is 0 Å². The summed E-state index contributed by atoms with van der Waals surface area (Å²) < 4.78 is 0. The van der Waals surface area contributed by atoms with Crippen molar-refractivity contribution in [1.29, 1.82) is 0 Å². The van der Waals surface area contributed by atoms with Gasteiger partial charge in [0.25, 0.3) is 0 Å². The van der Waals surface area contributed by atoms with Gasteiger partial charge in [-0.15, -0.1) is 0 Å². The summed E-state index contributed by atoms with van der Waals surface area (Å²) in [7, 11) is 0. The summed E-state index contributed by atoms with van der Waals surface area (Å²) in [5, 5.41) is 3.13. The maximum Gasteiger partial charge on any atom is 0.0459 e. The van der Waals surface area contributed by atoms with Crippen molar-refractivity contribution < 1.29 is 0 Å². The minimum absolute atomic E-state index is 1.01. The first-order valence-corrected chi connectivity index (χ1v) is 9.72. The lowest BCUT2D eigenvalue weighted by atomic mass is 10.0. The fourth-order valence-corrected chi connectivity index (χ4v) is 2.75. The van der Waals surface area contributed by atoms with Crippen LogP contribution in [0.1, 0.15) is 90.4 Å². The van der Waals surface area contributed by atoms with E-state index in [1.807, 2.05) is 30.3 Å². The monoisotopic (exact) mass is 313 g/mol. The number of benzene rings is 1. The lowest BCUT2D eigenvalue weighted by Crippen LogP contribution is -1.86. The maximum atomic E-state index is 3.21. The van der Waals surface area contributed by atoms with E-state index in [-0.39, 0.29) is 0 Å². The molecule has 1 aromatic rings. The van der Waals surface area contributed by atoms with E-state index in [0.717, 1.165) is 12.1 Å². The summed E-state index contributed by atoms with van der Waals surface area (Å²) in [4.78, 5) is 0. The van der Waals surface area contributed by atoms with E-state index < -0.39 is 0 Å². The first kappa shape index (κ1) is 19.6. The van der Waals surface area contributed by atoms with Gasteiger partial charge in [-0.1, -0.05) is 102 Å². The van der Waals surface area contributed by atoms with Crippen molar-refractivity contribution in [3.63, 3.8) is 0 Å². The lowest BCUT2D eigenvalue weighted by Gasteiger charge is -2.02. The van der Waals surface area contributed by atoms with E-state index in [0.29, 0.717) is 0 Å². The molecule has 1 nitrogen and oxygen atoms in total. The van der Waals surface area contributed by atoms with E-state index in [9.17, 15) is 0 Å². The van der Waals surface area contributed by atoms with Crippen LogP contribution in [0.4, 0.5) is 5.69 Å². The Balaban J connectivity index is 1.80. The molecule has 0 unspecified atom stereocenters. The minimum atomic E-state index is 1.01. The second kappa shape index (κ2) is 15.5. The maximum absolute atomic E-state index is 3.21. The van der Waals surface area contributed by atoms with Gasteiger partial charge in [-0.05, 0) is 18.6 Å². The Hall–Kier alpha value is -1.42. The SMILES string of the molecule is CCCCCCCCCCCCCCC#CNc1ccccc1. The molecule has 0 aliphatic rings. The molecule has 0 amide bonds. The van der Waals surface area contributed by atoms with E-state index in [2.05, 4.69) is 24.2 Å². The molecule has 0 saturated heterocycles.